The van der Waals surface area contributed by atoms with Crippen LogP contribution in [0.4, 0.5) is 0 Å². The summed E-state index contributed by atoms with van der Waals surface area (Å²) in [6, 6.07) is 7.77. The van der Waals surface area contributed by atoms with Gasteiger partial charge in [0.1, 0.15) is 0 Å². The van der Waals surface area contributed by atoms with Crippen molar-refractivity contribution < 1.29 is 4.79 Å². The summed E-state index contributed by atoms with van der Waals surface area (Å²) < 4.78 is 3.51. The van der Waals surface area contributed by atoms with E-state index in [1.54, 1.807) is 21.1 Å². The molecule has 1 heterocycles. The number of hydrogen-bond donors (Lipinski definition) is 0. The van der Waals surface area contributed by atoms with Crippen LogP contribution in [0.3, 0.4) is 0 Å². The normalized spacial score (nSPS) is 11.0. The Morgan fingerprint density at radius 1 is 1.10 bits per heavy atom. The number of aromatic nitrogens is 2. The minimum Gasteiger partial charge on any atom is -0.346 e. The van der Waals surface area contributed by atoms with E-state index in [9.17, 15) is 9.59 Å². The molecule has 21 heavy (non-hydrogen) atoms. The van der Waals surface area contributed by atoms with Crippen molar-refractivity contribution in [3.63, 3.8) is 0 Å². The molecule has 0 saturated heterocycles. The third-order valence-corrected chi connectivity index (χ3v) is 3.82. The minimum absolute atomic E-state index is 0.0231. The summed E-state index contributed by atoms with van der Waals surface area (Å²) in [5.41, 5.74) is 1.83. The lowest BCUT2D eigenvalue weighted by Crippen LogP contribution is -2.30. The van der Waals surface area contributed by atoms with Crippen molar-refractivity contribution in [2.75, 3.05) is 13.6 Å². The maximum Gasteiger partial charge on any atom is 0.329 e. The molecule has 5 nitrogen and oxygen atoms in total. The maximum absolute atomic E-state index is 12.5. The molecule has 0 aliphatic heterocycles. The molecule has 0 spiro atoms. The van der Waals surface area contributed by atoms with Crippen molar-refractivity contribution in [2.24, 2.45) is 0 Å². The Morgan fingerprint density at radius 3 is 2.19 bits per heavy atom. The van der Waals surface area contributed by atoms with Crippen LogP contribution in [0, 0.1) is 0 Å². The van der Waals surface area contributed by atoms with Crippen LogP contribution >= 0.6 is 0 Å². The number of carbonyl (C=O) groups is 1. The number of aryl methyl sites for hydroxylation is 2. The van der Waals surface area contributed by atoms with E-state index in [4.69, 9.17) is 0 Å². The van der Waals surface area contributed by atoms with Gasteiger partial charge in [-0.1, -0.05) is 19.1 Å². The van der Waals surface area contributed by atoms with Crippen molar-refractivity contribution in [1.29, 1.82) is 0 Å². The molecule has 0 fully saturated rings. The van der Waals surface area contributed by atoms with E-state index in [0.717, 1.165) is 17.5 Å². The Labute approximate surface area is 124 Å². The third-order valence-electron chi connectivity index (χ3n) is 3.82. The number of nitrogens with zero attached hydrogens (tertiary/aromatic N) is 3. The summed E-state index contributed by atoms with van der Waals surface area (Å²) >= 11 is 0. The van der Waals surface area contributed by atoms with Gasteiger partial charge in [-0.25, -0.2) is 4.79 Å². The predicted octanol–water partition coefficient (Wildman–Crippen LogP) is 2.08. The standard InChI is InChI=1S/C16H23N3O2/c1-4-11-18-13-8-6-7-9-14(13)19(16(18)21)12-10-15(20)17(3)5-2/h6-9H,4-5,10-12H2,1-3H3. The molecule has 0 bridgehead atoms. The second kappa shape index (κ2) is 6.61. The smallest absolute Gasteiger partial charge is 0.329 e. The Hall–Kier alpha value is -2.04. The first-order valence-electron chi connectivity index (χ1n) is 7.52. The van der Waals surface area contributed by atoms with Crippen LogP contribution < -0.4 is 5.69 Å². The first kappa shape index (κ1) is 15.4. The predicted molar refractivity (Wildman–Crippen MR) is 84.4 cm³/mol. The van der Waals surface area contributed by atoms with Crippen LogP contribution in [0.2, 0.25) is 0 Å². The number of hydrogen-bond acceptors (Lipinski definition) is 2. The molecule has 1 aromatic heterocycles. The molecule has 114 valence electrons. The van der Waals surface area contributed by atoms with Crippen LogP contribution in [-0.4, -0.2) is 33.5 Å². The molecule has 2 aromatic rings. The molecule has 5 heteroatoms. The van der Waals surface area contributed by atoms with Crippen LogP contribution in [0.25, 0.3) is 11.0 Å². The van der Waals surface area contributed by atoms with Gasteiger partial charge < -0.3 is 4.90 Å². The number of para-hydroxylation sites is 2. The Kier molecular flexibility index (Phi) is 4.83. The fourth-order valence-corrected chi connectivity index (χ4v) is 2.50. The van der Waals surface area contributed by atoms with Crippen molar-refractivity contribution in [3.05, 3.63) is 34.7 Å². The Balaban J connectivity index is 2.33. The summed E-state index contributed by atoms with van der Waals surface area (Å²) in [5.74, 6) is 0.0664. The first-order valence-corrected chi connectivity index (χ1v) is 7.52. The second-order valence-electron chi connectivity index (χ2n) is 5.23. The minimum atomic E-state index is -0.0231. The van der Waals surface area contributed by atoms with Gasteiger partial charge in [-0.05, 0) is 25.5 Å². The molecule has 0 atom stereocenters. The third kappa shape index (κ3) is 3.01. The van der Waals surface area contributed by atoms with Gasteiger partial charge in [0.15, 0.2) is 0 Å². The summed E-state index contributed by atoms with van der Waals surface area (Å²) in [6.45, 7) is 5.81. The number of amides is 1. The van der Waals surface area contributed by atoms with E-state index in [1.807, 2.05) is 31.2 Å². The van der Waals surface area contributed by atoms with Gasteiger partial charge in [0, 0.05) is 33.1 Å². The molecule has 0 radical (unpaired) electrons. The largest absolute Gasteiger partial charge is 0.346 e. The number of rotatable bonds is 6. The molecule has 1 amide bonds. The van der Waals surface area contributed by atoms with E-state index >= 15 is 0 Å². The van der Waals surface area contributed by atoms with Crippen LogP contribution in [-0.2, 0) is 17.9 Å². The molecular formula is C16H23N3O2. The van der Waals surface area contributed by atoms with E-state index < -0.39 is 0 Å². The number of imidazole rings is 1. The molecule has 0 aliphatic carbocycles. The average molecular weight is 289 g/mol. The summed E-state index contributed by atoms with van der Waals surface area (Å²) in [4.78, 5) is 26.1. The lowest BCUT2D eigenvalue weighted by Gasteiger charge is -2.14. The van der Waals surface area contributed by atoms with Crippen LogP contribution in [0.5, 0.6) is 0 Å². The van der Waals surface area contributed by atoms with E-state index in [-0.39, 0.29) is 11.6 Å². The van der Waals surface area contributed by atoms with E-state index in [1.165, 1.54) is 0 Å². The molecule has 0 aliphatic rings. The summed E-state index contributed by atoms with van der Waals surface area (Å²) in [6.07, 6.45) is 1.26. The monoisotopic (exact) mass is 289 g/mol. The highest BCUT2D eigenvalue weighted by Gasteiger charge is 2.14. The van der Waals surface area contributed by atoms with Gasteiger partial charge in [-0.2, -0.15) is 0 Å². The number of carbonyl (C=O) groups excluding carboxylic acids is 1. The Bertz CT molecular complexity index is 684. The summed E-state index contributed by atoms with van der Waals surface area (Å²) in [7, 11) is 1.78. The molecule has 0 N–H and O–H groups in total. The van der Waals surface area contributed by atoms with Gasteiger partial charge in [0.05, 0.1) is 11.0 Å². The fraction of sp³-hybridized carbons (Fsp3) is 0.500. The molecule has 0 saturated carbocycles. The van der Waals surface area contributed by atoms with Gasteiger partial charge >= 0.3 is 5.69 Å². The zero-order chi connectivity index (χ0) is 15.4. The fourth-order valence-electron chi connectivity index (χ4n) is 2.50. The van der Waals surface area contributed by atoms with Gasteiger partial charge in [0.25, 0.3) is 0 Å². The highest BCUT2D eigenvalue weighted by molar-refractivity contribution is 5.77. The SMILES string of the molecule is CCCn1c(=O)n(CCC(=O)N(C)CC)c2ccccc21. The molecule has 1 aromatic carbocycles. The zero-order valence-electron chi connectivity index (χ0n) is 13.0. The van der Waals surface area contributed by atoms with Crippen molar-refractivity contribution in [1.82, 2.24) is 14.0 Å². The van der Waals surface area contributed by atoms with E-state index in [0.29, 0.717) is 26.1 Å². The summed E-state index contributed by atoms with van der Waals surface area (Å²) in [5, 5.41) is 0. The zero-order valence-corrected chi connectivity index (χ0v) is 13.0. The van der Waals surface area contributed by atoms with Crippen molar-refractivity contribution in [2.45, 2.75) is 39.8 Å². The number of fused-ring (bicyclic) bond motifs is 1. The molecule has 2 rings (SSSR count). The van der Waals surface area contributed by atoms with Gasteiger partial charge in [-0.15, -0.1) is 0 Å². The highest BCUT2D eigenvalue weighted by atomic mass is 16.2. The van der Waals surface area contributed by atoms with Crippen molar-refractivity contribution >= 4 is 16.9 Å². The lowest BCUT2D eigenvalue weighted by atomic mass is 10.3. The van der Waals surface area contributed by atoms with Gasteiger partial charge in [-0.3, -0.25) is 13.9 Å². The second-order valence-corrected chi connectivity index (χ2v) is 5.23. The quantitative estimate of drug-likeness (QED) is 0.817. The number of benzene rings is 1. The molecule has 0 unspecified atom stereocenters. The average Bonchev–Trinajstić information content (AvgIpc) is 2.77. The lowest BCUT2D eigenvalue weighted by molar-refractivity contribution is -0.129. The highest BCUT2D eigenvalue weighted by Crippen LogP contribution is 2.13. The topological polar surface area (TPSA) is 47.2 Å². The molecular weight excluding hydrogens is 266 g/mol. The van der Waals surface area contributed by atoms with Crippen LogP contribution in [0.15, 0.2) is 29.1 Å². The van der Waals surface area contributed by atoms with Crippen molar-refractivity contribution in [3.8, 4) is 0 Å². The first-order chi connectivity index (χ1) is 10.1. The van der Waals surface area contributed by atoms with Gasteiger partial charge in [0.2, 0.25) is 5.91 Å². The van der Waals surface area contributed by atoms with E-state index in [2.05, 4.69) is 6.92 Å². The Morgan fingerprint density at radius 2 is 1.67 bits per heavy atom. The van der Waals surface area contributed by atoms with Crippen LogP contribution in [0.1, 0.15) is 26.7 Å². The maximum atomic E-state index is 12.5.